The van der Waals surface area contributed by atoms with Gasteiger partial charge in [0.05, 0.1) is 5.69 Å². The van der Waals surface area contributed by atoms with Gasteiger partial charge in [0.1, 0.15) is 5.75 Å². The van der Waals surface area contributed by atoms with Crippen molar-refractivity contribution in [2.75, 3.05) is 63.8 Å². The summed E-state index contributed by atoms with van der Waals surface area (Å²) < 4.78 is 0. The summed E-state index contributed by atoms with van der Waals surface area (Å²) in [5.41, 5.74) is 0.933. The molecule has 0 radical (unpaired) electrons. The molecule has 2 aliphatic rings. The maximum atomic E-state index is 10.1. The number of aliphatic imine (C=N–C) groups is 1. The number of nitrogens with one attached hydrogen (secondary N) is 1. The van der Waals surface area contributed by atoms with Crippen molar-refractivity contribution in [3.8, 4) is 5.75 Å². The van der Waals surface area contributed by atoms with Gasteiger partial charge in [0.2, 0.25) is 0 Å². The van der Waals surface area contributed by atoms with Crippen molar-refractivity contribution in [2.45, 2.75) is 45.4 Å². The molecule has 2 saturated heterocycles. The van der Waals surface area contributed by atoms with E-state index in [4.69, 9.17) is 4.99 Å². The number of rotatable bonds is 8. The van der Waals surface area contributed by atoms with Crippen LogP contribution < -0.4 is 10.2 Å². The largest absolute Gasteiger partial charge is 0.506 e. The van der Waals surface area contributed by atoms with Gasteiger partial charge in [0.15, 0.2) is 5.96 Å². The third kappa shape index (κ3) is 7.80. The SMILES string of the molecule is CCNC(=NCCCCCN1CCCCC1)N1CCN(c2ccccc2O)CC1.I. The van der Waals surface area contributed by atoms with E-state index in [0.29, 0.717) is 5.75 Å². The lowest BCUT2D eigenvalue weighted by Gasteiger charge is -2.37. The molecule has 0 atom stereocenters. The van der Waals surface area contributed by atoms with E-state index in [9.17, 15) is 5.11 Å². The number of guanidine groups is 1. The molecular weight excluding hydrogens is 489 g/mol. The fourth-order valence-corrected chi connectivity index (χ4v) is 4.31. The lowest BCUT2D eigenvalue weighted by Crippen LogP contribution is -2.52. The van der Waals surface area contributed by atoms with Crippen molar-refractivity contribution >= 4 is 35.6 Å². The molecule has 170 valence electrons. The molecule has 2 fully saturated rings. The van der Waals surface area contributed by atoms with Crippen LogP contribution in [0.3, 0.4) is 0 Å². The van der Waals surface area contributed by atoms with Crippen LogP contribution >= 0.6 is 24.0 Å². The van der Waals surface area contributed by atoms with E-state index in [1.54, 1.807) is 6.07 Å². The van der Waals surface area contributed by atoms with Crippen molar-refractivity contribution in [3.63, 3.8) is 0 Å². The molecule has 0 amide bonds. The number of hydrogen-bond donors (Lipinski definition) is 2. The van der Waals surface area contributed by atoms with Crippen LogP contribution in [0.25, 0.3) is 0 Å². The Labute approximate surface area is 199 Å². The van der Waals surface area contributed by atoms with E-state index in [2.05, 4.69) is 26.9 Å². The normalized spacial score (nSPS) is 18.2. The molecule has 2 N–H and O–H groups in total. The minimum Gasteiger partial charge on any atom is -0.506 e. The van der Waals surface area contributed by atoms with Crippen LogP contribution in [-0.4, -0.2) is 79.8 Å². The summed E-state index contributed by atoms with van der Waals surface area (Å²) in [6, 6.07) is 7.61. The number of para-hydroxylation sites is 2. The maximum Gasteiger partial charge on any atom is 0.194 e. The first kappa shape index (κ1) is 25.0. The number of piperazine rings is 1. The molecule has 1 aromatic carbocycles. The highest BCUT2D eigenvalue weighted by molar-refractivity contribution is 14.0. The number of nitrogens with zero attached hydrogens (tertiary/aromatic N) is 4. The summed E-state index contributed by atoms with van der Waals surface area (Å²) in [7, 11) is 0. The summed E-state index contributed by atoms with van der Waals surface area (Å²) in [4.78, 5) is 12.1. The van der Waals surface area contributed by atoms with Gasteiger partial charge in [0.25, 0.3) is 0 Å². The molecule has 3 rings (SSSR count). The molecule has 0 saturated carbocycles. The van der Waals surface area contributed by atoms with Crippen LogP contribution in [-0.2, 0) is 0 Å². The van der Waals surface area contributed by atoms with Crippen molar-refractivity contribution < 1.29 is 5.11 Å². The van der Waals surface area contributed by atoms with Crippen LogP contribution in [0.5, 0.6) is 5.75 Å². The van der Waals surface area contributed by atoms with Crippen LogP contribution in [0.1, 0.15) is 45.4 Å². The van der Waals surface area contributed by atoms with E-state index in [1.165, 1.54) is 58.2 Å². The Morgan fingerprint density at radius 3 is 2.40 bits per heavy atom. The van der Waals surface area contributed by atoms with Gasteiger partial charge in [-0.3, -0.25) is 4.99 Å². The molecule has 7 heteroatoms. The Kier molecular flexibility index (Phi) is 11.7. The third-order valence-corrected chi connectivity index (χ3v) is 5.98. The highest BCUT2D eigenvalue weighted by atomic mass is 127. The summed E-state index contributed by atoms with van der Waals surface area (Å²) in [5, 5.41) is 13.6. The van der Waals surface area contributed by atoms with Gasteiger partial charge in [-0.25, -0.2) is 0 Å². The molecule has 2 aliphatic heterocycles. The first-order chi connectivity index (χ1) is 14.3. The zero-order chi connectivity index (χ0) is 20.3. The number of likely N-dealkylation sites (tertiary alicyclic amines) is 1. The van der Waals surface area contributed by atoms with Crippen LogP contribution in [0.2, 0.25) is 0 Å². The van der Waals surface area contributed by atoms with E-state index < -0.39 is 0 Å². The molecule has 0 bridgehead atoms. The Balaban J connectivity index is 0.00000320. The molecule has 2 heterocycles. The molecule has 6 nitrogen and oxygen atoms in total. The van der Waals surface area contributed by atoms with Gasteiger partial charge in [-0.15, -0.1) is 24.0 Å². The molecule has 0 spiro atoms. The van der Waals surface area contributed by atoms with E-state index in [-0.39, 0.29) is 24.0 Å². The molecule has 1 aromatic rings. The molecule has 30 heavy (non-hydrogen) atoms. The Bertz CT molecular complexity index is 628. The van der Waals surface area contributed by atoms with Crippen molar-refractivity contribution in [3.05, 3.63) is 24.3 Å². The summed E-state index contributed by atoms with van der Waals surface area (Å²) in [5.74, 6) is 1.41. The predicted molar refractivity (Wildman–Crippen MR) is 137 cm³/mol. The summed E-state index contributed by atoms with van der Waals surface area (Å²) >= 11 is 0. The third-order valence-electron chi connectivity index (χ3n) is 5.98. The second-order valence-corrected chi connectivity index (χ2v) is 8.16. The number of hydrogen-bond acceptors (Lipinski definition) is 4. The molecule has 0 unspecified atom stereocenters. The van der Waals surface area contributed by atoms with E-state index in [0.717, 1.165) is 50.9 Å². The van der Waals surface area contributed by atoms with Crippen LogP contribution in [0.15, 0.2) is 29.3 Å². The topological polar surface area (TPSA) is 54.3 Å². The molecular formula is C23H40IN5O. The van der Waals surface area contributed by atoms with Gasteiger partial charge in [-0.05, 0) is 64.4 Å². The molecule has 0 aromatic heterocycles. The van der Waals surface area contributed by atoms with E-state index in [1.807, 2.05) is 18.2 Å². The monoisotopic (exact) mass is 529 g/mol. The zero-order valence-electron chi connectivity index (χ0n) is 18.6. The predicted octanol–water partition coefficient (Wildman–Crippen LogP) is 3.75. The lowest BCUT2D eigenvalue weighted by molar-refractivity contribution is 0.224. The summed E-state index contributed by atoms with van der Waals surface area (Å²) in [6.07, 6.45) is 7.91. The van der Waals surface area contributed by atoms with Gasteiger partial charge >= 0.3 is 0 Å². The van der Waals surface area contributed by atoms with Crippen molar-refractivity contribution in [1.82, 2.24) is 15.1 Å². The van der Waals surface area contributed by atoms with Crippen molar-refractivity contribution in [2.24, 2.45) is 4.99 Å². The number of aromatic hydroxyl groups is 1. The minimum absolute atomic E-state index is 0. The number of phenols is 1. The Hall–Kier alpha value is -1.22. The highest BCUT2D eigenvalue weighted by Gasteiger charge is 2.21. The lowest BCUT2D eigenvalue weighted by atomic mass is 10.1. The first-order valence-corrected chi connectivity index (χ1v) is 11.6. The number of phenolic OH excluding ortho intramolecular Hbond substituents is 1. The Morgan fingerprint density at radius 1 is 0.967 bits per heavy atom. The number of halogens is 1. The highest BCUT2D eigenvalue weighted by Crippen LogP contribution is 2.27. The van der Waals surface area contributed by atoms with Crippen molar-refractivity contribution in [1.29, 1.82) is 0 Å². The average molecular weight is 530 g/mol. The summed E-state index contributed by atoms with van der Waals surface area (Å²) in [6.45, 7) is 11.4. The standard InChI is InChI=1S/C23H39N5O.HI/c1-2-24-23(25-13-7-3-8-14-26-15-9-4-10-16-26)28-19-17-27(18-20-28)21-11-5-6-12-22(21)29;/h5-6,11-12,29H,2-4,7-10,13-20H2,1H3,(H,24,25);1H. The smallest absolute Gasteiger partial charge is 0.194 e. The van der Waals surface area contributed by atoms with E-state index >= 15 is 0 Å². The fraction of sp³-hybridized carbons (Fsp3) is 0.696. The van der Waals surface area contributed by atoms with Gasteiger partial charge in [-0.2, -0.15) is 0 Å². The Morgan fingerprint density at radius 2 is 1.70 bits per heavy atom. The van der Waals surface area contributed by atoms with Crippen LogP contribution in [0.4, 0.5) is 5.69 Å². The van der Waals surface area contributed by atoms with Gasteiger partial charge < -0.3 is 25.1 Å². The quantitative estimate of drug-likeness (QED) is 0.233. The number of piperidine rings is 1. The number of anilines is 1. The zero-order valence-corrected chi connectivity index (χ0v) is 20.9. The molecule has 0 aliphatic carbocycles. The second kappa shape index (κ2) is 14.0. The minimum atomic E-state index is 0. The van der Waals surface area contributed by atoms with Gasteiger partial charge in [-0.1, -0.05) is 25.0 Å². The second-order valence-electron chi connectivity index (χ2n) is 8.16. The number of benzene rings is 1. The van der Waals surface area contributed by atoms with Gasteiger partial charge in [0, 0.05) is 39.3 Å². The average Bonchev–Trinajstić information content (AvgIpc) is 2.77. The maximum absolute atomic E-state index is 10.1. The fourth-order valence-electron chi connectivity index (χ4n) is 4.31. The first-order valence-electron chi connectivity index (χ1n) is 11.6. The van der Waals surface area contributed by atoms with Crippen LogP contribution in [0, 0.1) is 0 Å². The number of unbranched alkanes of at least 4 members (excludes halogenated alkanes) is 2.